The zero-order chi connectivity index (χ0) is 21.7. The van der Waals surface area contributed by atoms with E-state index in [-0.39, 0.29) is 11.8 Å². The highest BCUT2D eigenvalue weighted by atomic mass is 16.6. The number of phenols is 1. The van der Waals surface area contributed by atoms with Crippen molar-refractivity contribution in [1.29, 1.82) is 0 Å². The minimum absolute atomic E-state index is 0.0669. The Labute approximate surface area is 178 Å². The predicted octanol–water partition coefficient (Wildman–Crippen LogP) is 3.33. The summed E-state index contributed by atoms with van der Waals surface area (Å²) < 4.78 is 22.2. The smallest absolute Gasteiger partial charge is 0.336 e. The Morgan fingerprint density at radius 1 is 1.13 bits per heavy atom. The Morgan fingerprint density at radius 2 is 1.94 bits per heavy atom. The van der Waals surface area contributed by atoms with Gasteiger partial charge < -0.3 is 29.2 Å². The lowest BCUT2D eigenvalue weighted by Crippen LogP contribution is -2.17. The second-order valence-corrected chi connectivity index (χ2v) is 7.73. The van der Waals surface area contributed by atoms with E-state index in [4.69, 9.17) is 18.6 Å². The first kappa shape index (κ1) is 19.3. The number of fused-ring (bicyclic) bond motifs is 2. The molecule has 0 radical (unpaired) electrons. The number of benzene rings is 2. The molecule has 8 heteroatoms. The van der Waals surface area contributed by atoms with Crippen molar-refractivity contribution in [3.05, 3.63) is 56.9 Å². The molecule has 0 fully saturated rings. The van der Waals surface area contributed by atoms with E-state index < -0.39 is 5.63 Å². The van der Waals surface area contributed by atoms with Gasteiger partial charge in [-0.15, -0.1) is 0 Å². The summed E-state index contributed by atoms with van der Waals surface area (Å²) in [5.74, 6) is 1.93. The number of aromatic hydroxyl groups is 1. The minimum atomic E-state index is -0.441. The van der Waals surface area contributed by atoms with Gasteiger partial charge in [0, 0.05) is 18.1 Å². The van der Waals surface area contributed by atoms with Crippen LogP contribution < -0.4 is 25.3 Å². The largest absolute Gasteiger partial charge is 0.506 e. The average molecular weight is 422 g/mol. The molecular formula is C23H22N2O6. The number of nitrogens with zero attached hydrogens (tertiary/aromatic N) is 1. The molecule has 3 aromatic rings. The normalized spacial score (nSPS) is 17.4. The van der Waals surface area contributed by atoms with E-state index in [0.29, 0.717) is 59.0 Å². The zero-order valence-corrected chi connectivity index (χ0v) is 17.4. The van der Waals surface area contributed by atoms with Gasteiger partial charge >= 0.3 is 5.63 Å². The molecule has 0 aliphatic carbocycles. The summed E-state index contributed by atoms with van der Waals surface area (Å²) in [5, 5.41) is 16.1. The third kappa shape index (κ3) is 3.15. The lowest BCUT2D eigenvalue weighted by atomic mass is 9.93. The Bertz CT molecular complexity index is 1280. The van der Waals surface area contributed by atoms with Crippen molar-refractivity contribution in [2.45, 2.75) is 26.3 Å². The maximum atomic E-state index is 11.7. The number of ether oxygens (including phenoxy) is 3. The van der Waals surface area contributed by atoms with Crippen LogP contribution in [0.3, 0.4) is 0 Å². The van der Waals surface area contributed by atoms with E-state index in [1.807, 2.05) is 19.1 Å². The van der Waals surface area contributed by atoms with E-state index in [1.165, 1.54) is 6.07 Å². The second-order valence-electron chi connectivity index (χ2n) is 7.73. The fraction of sp³-hybridized carbons (Fsp3) is 0.304. The molecule has 8 nitrogen and oxygen atoms in total. The SMILES string of the molecule is COc1cc(C2CC(c3c(C)cc4oc(=O)cc(C)c4c3O)=NN2)cc2c1OCCO2. The van der Waals surface area contributed by atoms with Crippen LogP contribution >= 0.6 is 0 Å². The van der Waals surface area contributed by atoms with E-state index in [1.54, 1.807) is 20.1 Å². The number of hydrogen-bond donors (Lipinski definition) is 2. The Balaban J connectivity index is 1.52. The molecule has 2 aromatic carbocycles. The second kappa shape index (κ2) is 7.23. The molecule has 1 atom stereocenters. The van der Waals surface area contributed by atoms with Crippen LogP contribution in [0.25, 0.3) is 11.0 Å². The van der Waals surface area contributed by atoms with Crippen molar-refractivity contribution in [1.82, 2.24) is 5.43 Å². The number of hydrazone groups is 1. The first-order valence-corrected chi connectivity index (χ1v) is 10.0. The van der Waals surface area contributed by atoms with Gasteiger partial charge in [0.25, 0.3) is 0 Å². The number of hydrogen-bond acceptors (Lipinski definition) is 8. The fourth-order valence-electron chi connectivity index (χ4n) is 4.27. The number of rotatable bonds is 3. The Kier molecular flexibility index (Phi) is 4.50. The quantitative estimate of drug-likeness (QED) is 0.624. The summed E-state index contributed by atoms with van der Waals surface area (Å²) in [7, 11) is 1.60. The molecule has 0 saturated carbocycles. The van der Waals surface area contributed by atoms with Crippen molar-refractivity contribution in [2.24, 2.45) is 5.10 Å². The van der Waals surface area contributed by atoms with Gasteiger partial charge in [-0.05, 0) is 48.7 Å². The zero-order valence-electron chi connectivity index (χ0n) is 17.4. The maximum absolute atomic E-state index is 11.7. The van der Waals surface area contributed by atoms with Crippen molar-refractivity contribution in [2.75, 3.05) is 20.3 Å². The Morgan fingerprint density at radius 3 is 2.74 bits per heavy atom. The van der Waals surface area contributed by atoms with E-state index in [2.05, 4.69) is 10.5 Å². The summed E-state index contributed by atoms with van der Waals surface area (Å²) in [4.78, 5) is 11.7. The van der Waals surface area contributed by atoms with Crippen molar-refractivity contribution >= 4 is 16.7 Å². The number of phenolic OH excluding ortho intramolecular Hbond substituents is 1. The molecule has 160 valence electrons. The summed E-state index contributed by atoms with van der Waals surface area (Å²) in [5.41, 5.74) is 6.83. The third-order valence-electron chi connectivity index (χ3n) is 5.70. The van der Waals surface area contributed by atoms with Crippen LogP contribution in [0.15, 0.2) is 38.6 Å². The highest BCUT2D eigenvalue weighted by Gasteiger charge is 2.28. The van der Waals surface area contributed by atoms with Gasteiger partial charge in [0.15, 0.2) is 11.5 Å². The molecule has 1 unspecified atom stereocenters. The van der Waals surface area contributed by atoms with Crippen LogP contribution in [-0.2, 0) is 0 Å². The van der Waals surface area contributed by atoms with Crippen LogP contribution in [0.1, 0.15) is 34.7 Å². The van der Waals surface area contributed by atoms with Gasteiger partial charge in [-0.2, -0.15) is 5.10 Å². The summed E-state index contributed by atoms with van der Waals surface area (Å²) in [6, 6.07) is 6.86. The minimum Gasteiger partial charge on any atom is -0.506 e. The molecule has 0 spiro atoms. The predicted molar refractivity (Wildman–Crippen MR) is 115 cm³/mol. The molecule has 2 aliphatic rings. The van der Waals surface area contributed by atoms with Crippen LogP contribution in [0.2, 0.25) is 0 Å². The Hall–Kier alpha value is -3.68. The van der Waals surface area contributed by atoms with Crippen LogP contribution in [0.4, 0.5) is 0 Å². The van der Waals surface area contributed by atoms with Gasteiger partial charge in [0.2, 0.25) is 5.75 Å². The molecule has 2 N–H and O–H groups in total. The third-order valence-corrected chi connectivity index (χ3v) is 5.70. The molecule has 0 saturated heterocycles. The summed E-state index contributed by atoms with van der Waals surface area (Å²) >= 11 is 0. The van der Waals surface area contributed by atoms with Crippen LogP contribution in [0, 0.1) is 13.8 Å². The van der Waals surface area contributed by atoms with Gasteiger partial charge in [-0.3, -0.25) is 0 Å². The van der Waals surface area contributed by atoms with E-state index >= 15 is 0 Å². The molecule has 0 bridgehead atoms. The lowest BCUT2D eigenvalue weighted by molar-refractivity contribution is 0.164. The molecule has 5 rings (SSSR count). The topological polar surface area (TPSA) is 103 Å². The fourth-order valence-corrected chi connectivity index (χ4v) is 4.27. The van der Waals surface area contributed by atoms with E-state index in [0.717, 1.165) is 16.8 Å². The first-order chi connectivity index (χ1) is 15.0. The molecule has 1 aromatic heterocycles. The lowest BCUT2D eigenvalue weighted by Gasteiger charge is -2.22. The molecule has 3 heterocycles. The maximum Gasteiger partial charge on any atom is 0.336 e. The molecule has 0 amide bonds. The van der Waals surface area contributed by atoms with Gasteiger partial charge in [0.05, 0.1) is 24.2 Å². The summed E-state index contributed by atoms with van der Waals surface area (Å²) in [6.45, 7) is 4.60. The standard InChI is InChI=1S/C23H22N2O6/c1-11-6-16-21(12(2)7-19(26)31-16)22(27)20(11)15-10-14(24-25-15)13-8-17(28-3)23-18(9-13)29-4-5-30-23/h6-9,14,24,27H,4-5,10H2,1-3H3. The van der Waals surface area contributed by atoms with Crippen molar-refractivity contribution in [3.8, 4) is 23.0 Å². The summed E-state index contributed by atoms with van der Waals surface area (Å²) in [6.07, 6.45) is 0.554. The van der Waals surface area contributed by atoms with Crippen LogP contribution in [-0.4, -0.2) is 31.1 Å². The average Bonchev–Trinajstić information content (AvgIpc) is 3.21. The first-order valence-electron chi connectivity index (χ1n) is 10.0. The van der Waals surface area contributed by atoms with Gasteiger partial charge in [0.1, 0.15) is 24.5 Å². The number of nitrogens with one attached hydrogen (secondary N) is 1. The molecular weight excluding hydrogens is 400 g/mol. The van der Waals surface area contributed by atoms with Gasteiger partial charge in [-0.25, -0.2) is 4.79 Å². The number of aryl methyl sites for hydroxylation is 2. The van der Waals surface area contributed by atoms with Gasteiger partial charge in [-0.1, -0.05) is 0 Å². The monoisotopic (exact) mass is 422 g/mol. The van der Waals surface area contributed by atoms with Crippen molar-refractivity contribution in [3.63, 3.8) is 0 Å². The van der Waals surface area contributed by atoms with E-state index in [9.17, 15) is 9.90 Å². The molecule has 31 heavy (non-hydrogen) atoms. The highest BCUT2D eigenvalue weighted by molar-refractivity contribution is 6.09. The highest BCUT2D eigenvalue weighted by Crippen LogP contribution is 2.43. The molecule has 2 aliphatic heterocycles. The van der Waals surface area contributed by atoms with Crippen molar-refractivity contribution < 1.29 is 23.7 Å². The van der Waals surface area contributed by atoms with Crippen LogP contribution in [0.5, 0.6) is 23.0 Å². The number of methoxy groups -OCH3 is 1.